The zero-order valence-electron chi connectivity index (χ0n) is 17.7. The lowest BCUT2D eigenvalue weighted by molar-refractivity contribution is -0.122. The Hall–Kier alpha value is -2.82. The third-order valence-electron chi connectivity index (χ3n) is 5.38. The molecule has 0 radical (unpaired) electrons. The maximum atomic E-state index is 12.4. The Balaban J connectivity index is 0.000000858. The van der Waals surface area contributed by atoms with E-state index in [2.05, 4.69) is 20.6 Å². The van der Waals surface area contributed by atoms with Gasteiger partial charge in [0, 0.05) is 49.6 Å². The Kier molecular flexibility index (Phi) is 7.04. The molecule has 1 fully saturated rings. The molecule has 9 nitrogen and oxygen atoms in total. The van der Waals surface area contributed by atoms with Crippen LogP contribution in [0.15, 0.2) is 42.9 Å². The SMILES string of the molecule is Cc1ccc(-c2nccn2[C@@H]2COC[C@H]2CS(=O)(=O)N(C)C)c2cccnc12.O=CO. The fraction of sp³-hybridized carbons (Fsp3) is 0.381. The number of rotatable bonds is 5. The Morgan fingerprint density at radius 1 is 1.23 bits per heavy atom. The molecule has 2 aromatic heterocycles. The predicted molar refractivity (Wildman–Crippen MR) is 117 cm³/mol. The molecule has 0 spiro atoms. The summed E-state index contributed by atoms with van der Waals surface area (Å²) in [5.41, 5.74) is 3.04. The minimum absolute atomic E-state index is 0.0541. The normalized spacial score (nSPS) is 18.7. The quantitative estimate of drug-likeness (QED) is 0.598. The van der Waals surface area contributed by atoms with E-state index in [9.17, 15) is 8.42 Å². The smallest absolute Gasteiger partial charge is 0.290 e. The van der Waals surface area contributed by atoms with Crippen molar-refractivity contribution in [3.63, 3.8) is 0 Å². The Morgan fingerprint density at radius 2 is 1.97 bits per heavy atom. The van der Waals surface area contributed by atoms with E-state index >= 15 is 0 Å². The van der Waals surface area contributed by atoms with Crippen LogP contribution in [-0.4, -0.2) is 71.9 Å². The number of carboxylic acid groups (broad SMARTS) is 1. The molecule has 0 unspecified atom stereocenters. The van der Waals surface area contributed by atoms with E-state index in [1.165, 1.54) is 4.31 Å². The first kappa shape index (κ1) is 22.9. The van der Waals surface area contributed by atoms with Crippen molar-refractivity contribution in [2.24, 2.45) is 5.92 Å². The zero-order valence-corrected chi connectivity index (χ0v) is 18.5. The number of ether oxygens (including phenoxy) is 1. The van der Waals surface area contributed by atoms with Crippen molar-refractivity contribution in [3.05, 3.63) is 48.4 Å². The van der Waals surface area contributed by atoms with Gasteiger partial charge in [0.05, 0.1) is 30.5 Å². The topological polar surface area (TPSA) is 115 Å². The Morgan fingerprint density at radius 3 is 2.68 bits per heavy atom. The maximum Gasteiger partial charge on any atom is 0.290 e. The summed E-state index contributed by atoms with van der Waals surface area (Å²) in [5, 5.41) is 7.92. The molecule has 31 heavy (non-hydrogen) atoms. The highest BCUT2D eigenvalue weighted by atomic mass is 32.2. The molecule has 1 aliphatic rings. The lowest BCUT2D eigenvalue weighted by Crippen LogP contribution is -2.32. The summed E-state index contributed by atoms with van der Waals surface area (Å²) < 4.78 is 33.8. The second-order valence-corrected chi connectivity index (χ2v) is 9.75. The number of aromatic nitrogens is 3. The first-order valence-corrected chi connectivity index (χ1v) is 11.3. The van der Waals surface area contributed by atoms with Crippen LogP contribution in [0.2, 0.25) is 0 Å². The van der Waals surface area contributed by atoms with Crippen LogP contribution >= 0.6 is 0 Å². The van der Waals surface area contributed by atoms with Crippen molar-refractivity contribution in [2.45, 2.75) is 13.0 Å². The summed E-state index contributed by atoms with van der Waals surface area (Å²) in [7, 11) is -0.186. The van der Waals surface area contributed by atoms with E-state index < -0.39 is 10.0 Å². The number of hydrogen-bond donors (Lipinski definition) is 1. The number of sulfonamides is 1. The first-order valence-electron chi connectivity index (χ1n) is 9.73. The van der Waals surface area contributed by atoms with Crippen LogP contribution in [0.5, 0.6) is 0 Å². The molecule has 2 atom stereocenters. The van der Waals surface area contributed by atoms with Crippen molar-refractivity contribution in [2.75, 3.05) is 33.1 Å². The highest BCUT2D eigenvalue weighted by Crippen LogP contribution is 2.34. The lowest BCUT2D eigenvalue weighted by atomic mass is 10.0. The molecule has 0 bridgehead atoms. The second-order valence-electron chi connectivity index (χ2n) is 7.52. The highest BCUT2D eigenvalue weighted by molar-refractivity contribution is 7.89. The predicted octanol–water partition coefficient (Wildman–Crippen LogP) is 2.19. The average molecular weight is 447 g/mol. The average Bonchev–Trinajstić information content (AvgIpc) is 3.38. The lowest BCUT2D eigenvalue weighted by Gasteiger charge is -2.23. The number of pyridine rings is 1. The van der Waals surface area contributed by atoms with Gasteiger partial charge in [-0.05, 0) is 18.6 Å². The fourth-order valence-corrected chi connectivity index (χ4v) is 4.93. The summed E-state index contributed by atoms with van der Waals surface area (Å²) in [6.07, 6.45) is 5.46. The Bertz CT molecular complexity index is 1160. The summed E-state index contributed by atoms with van der Waals surface area (Å²) in [4.78, 5) is 17.5. The number of aryl methyl sites for hydroxylation is 1. The van der Waals surface area contributed by atoms with Crippen LogP contribution in [0.1, 0.15) is 11.6 Å². The molecule has 166 valence electrons. The molecular weight excluding hydrogens is 420 g/mol. The van der Waals surface area contributed by atoms with Gasteiger partial charge in [0.1, 0.15) is 5.82 Å². The van der Waals surface area contributed by atoms with Gasteiger partial charge < -0.3 is 14.4 Å². The summed E-state index contributed by atoms with van der Waals surface area (Å²) in [6.45, 7) is 2.68. The van der Waals surface area contributed by atoms with E-state index in [1.807, 2.05) is 31.3 Å². The monoisotopic (exact) mass is 446 g/mol. The van der Waals surface area contributed by atoms with Crippen molar-refractivity contribution in [3.8, 4) is 11.4 Å². The molecule has 1 aromatic carbocycles. The molecule has 3 heterocycles. The molecule has 1 N–H and O–H groups in total. The van der Waals surface area contributed by atoms with Crippen LogP contribution in [-0.2, 0) is 19.6 Å². The van der Waals surface area contributed by atoms with Crippen molar-refractivity contribution in [1.29, 1.82) is 0 Å². The van der Waals surface area contributed by atoms with Gasteiger partial charge in [0.2, 0.25) is 10.0 Å². The van der Waals surface area contributed by atoms with E-state index in [-0.39, 0.29) is 24.2 Å². The van der Waals surface area contributed by atoms with Gasteiger partial charge in [-0.15, -0.1) is 0 Å². The van der Waals surface area contributed by atoms with Crippen LogP contribution in [0, 0.1) is 12.8 Å². The number of hydrogen-bond acceptors (Lipinski definition) is 6. The van der Waals surface area contributed by atoms with Gasteiger partial charge in [-0.1, -0.05) is 18.2 Å². The third-order valence-corrected chi connectivity index (χ3v) is 7.35. The zero-order chi connectivity index (χ0) is 22.6. The van der Waals surface area contributed by atoms with Gasteiger partial charge >= 0.3 is 0 Å². The molecular formula is C21H26N4O5S. The van der Waals surface area contributed by atoms with Gasteiger partial charge in [-0.25, -0.2) is 17.7 Å². The van der Waals surface area contributed by atoms with Gasteiger partial charge in [-0.3, -0.25) is 9.78 Å². The summed E-state index contributed by atoms with van der Waals surface area (Å²) >= 11 is 0. The molecule has 0 saturated carbocycles. The standard InChI is InChI=1S/C20H24N4O3S.CH2O2/c1-14-6-7-17(16-5-4-8-21-19(14)16)20-22-9-10-24(20)18-12-27-11-15(18)13-28(25,26)23(2)3;2-1-3/h4-10,15,18H,11-13H2,1-3H3;1H,(H,2,3)/t15-,18+;/m0./s1. The van der Waals surface area contributed by atoms with E-state index in [1.54, 1.807) is 26.5 Å². The highest BCUT2D eigenvalue weighted by Gasteiger charge is 2.35. The van der Waals surface area contributed by atoms with Crippen LogP contribution in [0.3, 0.4) is 0 Å². The largest absolute Gasteiger partial charge is 0.483 e. The minimum Gasteiger partial charge on any atom is -0.483 e. The number of fused-ring (bicyclic) bond motifs is 1. The number of benzene rings is 1. The molecule has 3 aromatic rings. The summed E-state index contributed by atoms with van der Waals surface area (Å²) in [5.74, 6) is 0.731. The van der Waals surface area contributed by atoms with E-state index in [0.717, 1.165) is 27.9 Å². The number of carbonyl (C=O) groups is 1. The van der Waals surface area contributed by atoms with Crippen molar-refractivity contribution < 1.29 is 23.1 Å². The number of nitrogens with zero attached hydrogens (tertiary/aromatic N) is 4. The van der Waals surface area contributed by atoms with E-state index in [0.29, 0.717) is 13.2 Å². The van der Waals surface area contributed by atoms with Crippen molar-refractivity contribution in [1.82, 2.24) is 18.8 Å². The molecule has 0 aliphatic carbocycles. The first-order chi connectivity index (χ1) is 14.8. The summed E-state index contributed by atoms with van der Waals surface area (Å²) in [6, 6.07) is 7.98. The fourth-order valence-electron chi connectivity index (χ4n) is 3.77. The van der Waals surface area contributed by atoms with Crippen LogP contribution in [0.4, 0.5) is 0 Å². The number of imidazole rings is 1. The molecule has 0 amide bonds. The minimum atomic E-state index is -3.31. The van der Waals surface area contributed by atoms with Crippen molar-refractivity contribution >= 4 is 27.4 Å². The van der Waals surface area contributed by atoms with Gasteiger partial charge in [-0.2, -0.15) is 0 Å². The third kappa shape index (κ3) is 4.76. The van der Waals surface area contributed by atoms with Gasteiger partial charge in [0.25, 0.3) is 6.47 Å². The molecule has 10 heteroatoms. The van der Waals surface area contributed by atoms with E-state index in [4.69, 9.17) is 14.6 Å². The molecule has 1 aliphatic heterocycles. The van der Waals surface area contributed by atoms with Gasteiger partial charge in [0.15, 0.2) is 0 Å². The van der Waals surface area contributed by atoms with Crippen LogP contribution in [0.25, 0.3) is 22.3 Å². The second kappa shape index (κ2) is 9.54. The maximum absolute atomic E-state index is 12.4. The molecule has 4 rings (SSSR count). The Labute approximate surface area is 181 Å². The molecule has 1 saturated heterocycles. The van der Waals surface area contributed by atoms with Crippen LogP contribution < -0.4 is 0 Å².